The molecule has 1 aromatic carbocycles. The molecule has 1 atom stereocenters. The van der Waals surface area contributed by atoms with Gasteiger partial charge in [-0.05, 0) is 28.4 Å². The fourth-order valence-corrected chi connectivity index (χ4v) is 2.99. The molecular formula is C15H14BrClN2O. The lowest BCUT2D eigenvalue weighted by Gasteiger charge is -2.11. The van der Waals surface area contributed by atoms with E-state index in [2.05, 4.69) is 38.9 Å². The van der Waals surface area contributed by atoms with E-state index in [-0.39, 0.29) is 5.92 Å². The molecule has 0 bridgehead atoms. The van der Waals surface area contributed by atoms with Gasteiger partial charge in [0.1, 0.15) is 23.3 Å². The van der Waals surface area contributed by atoms with Crippen LogP contribution >= 0.6 is 27.5 Å². The average molecular weight is 354 g/mol. The van der Waals surface area contributed by atoms with Crippen LogP contribution < -0.4 is 4.74 Å². The summed E-state index contributed by atoms with van der Waals surface area (Å²) in [6, 6.07) is 8.02. The number of ether oxygens (including phenoxy) is 1. The minimum absolute atomic E-state index is 0.0624. The van der Waals surface area contributed by atoms with Crippen LogP contribution in [-0.2, 0) is 6.42 Å². The van der Waals surface area contributed by atoms with Gasteiger partial charge >= 0.3 is 0 Å². The molecule has 3 nitrogen and oxygen atoms in total. The molecule has 2 aromatic rings. The highest BCUT2D eigenvalue weighted by molar-refractivity contribution is 9.10. The third kappa shape index (κ3) is 2.42. The van der Waals surface area contributed by atoms with E-state index >= 15 is 0 Å². The summed E-state index contributed by atoms with van der Waals surface area (Å²) in [5.41, 5.74) is 2.10. The van der Waals surface area contributed by atoms with Gasteiger partial charge in [-0.1, -0.05) is 43.1 Å². The first-order valence-corrected chi connectivity index (χ1v) is 7.81. The number of para-hydroxylation sites is 1. The van der Waals surface area contributed by atoms with E-state index in [1.54, 1.807) is 0 Å². The van der Waals surface area contributed by atoms with Gasteiger partial charge in [-0.15, -0.1) is 0 Å². The molecule has 1 unspecified atom stereocenters. The molecule has 0 N–H and O–H groups in total. The van der Waals surface area contributed by atoms with Crippen molar-refractivity contribution in [3.63, 3.8) is 0 Å². The van der Waals surface area contributed by atoms with Gasteiger partial charge in [-0.25, -0.2) is 9.97 Å². The SMILES string of the molecule is CCCc1nc(C2COc3ccccc32)nc(Cl)c1Br. The molecule has 3 rings (SSSR count). The number of fused-ring (bicyclic) bond motifs is 1. The number of nitrogens with zero attached hydrogens (tertiary/aromatic N) is 2. The number of aryl methyl sites for hydroxylation is 1. The predicted octanol–water partition coefficient (Wildman–Crippen LogP) is 4.37. The number of rotatable bonds is 3. The molecule has 1 aromatic heterocycles. The topological polar surface area (TPSA) is 35.0 Å². The Morgan fingerprint density at radius 3 is 2.95 bits per heavy atom. The molecule has 1 aliphatic rings. The van der Waals surface area contributed by atoms with Gasteiger partial charge in [0.25, 0.3) is 0 Å². The van der Waals surface area contributed by atoms with Crippen LogP contribution in [0.2, 0.25) is 5.15 Å². The molecule has 5 heteroatoms. The second kappa shape index (κ2) is 5.70. The number of hydrogen-bond donors (Lipinski definition) is 0. The summed E-state index contributed by atoms with van der Waals surface area (Å²) in [4.78, 5) is 9.11. The van der Waals surface area contributed by atoms with Crippen molar-refractivity contribution >= 4 is 27.5 Å². The lowest BCUT2D eigenvalue weighted by Crippen LogP contribution is -2.10. The highest BCUT2D eigenvalue weighted by atomic mass is 79.9. The first-order valence-electron chi connectivity index (χ1n) is 6.64. The first kappa shape index (κ1) is 13.8. The fraction of sp³-hybridized carbons (Fsp3) is 0.333. The normalized spacial score (nSPS) is 16.9. The van der Waals surface area contributed by atoms with E-state index in [9.17, 15) is 0 Å². The Hall–Kier alpha value is -1.13. The van der Waals surface area contributed by atoms with Crippen molar-refractivity contribution in [3.8, 4) is 5.75 Å². The zero-order valence-corrected chi connectivity index (χ0v) is 13.4. The third-order valence-corrected chi connectivity index (χ3v) is 4.73. The number of hydrogen-bond acceptors (Lipinski definition) is 3. The fourth-order valence-electron chi connectivity index (χ4n) is 2.42. The highest BCUT2D eigenvalue weighted by Gasteiger charge is 2.28. The molecule has 2 heterocycles. The van der Waals surface area contributed by atoms with Crippen LogP contribution in [-0.4, -0.2) is 16.6 Å². The van der Waals surface area contributed by atoms with E-state index in [1.807, 2.05) is 18.2 Å². The minimum atomic E-state index is 0.0624. The third-order valence-electron chi connectivity index (χ3n) is 3.40. The van der Waals surface area contributed by atoms with E-state index < -0.39 is 0 Å². The molecule has 0 spiro atoms. The summed E-state index contributed by atoms with van der Waals surface area (Å²) in [5.74, 6) is 1.72. The van der Waals surface area contributed by atoms with Crippen molar-refractivity contribution in [3.05, 3.63) is 51.0 Å². The van der Waals surface area contributed by atoms with Gasteiger partial charge < -0.3 is 4.74 Å². The van der Waals surface area contributed by atoms with Crippen molar-refractivity contribution < 1.29 is 4.74 Å². The predicted molar refractivity (Wildman–Crippen MR) is 82.5 cm³/mol. The van der Waals surface area contributed by atoms with Gasteiger partial charge in [0, 0.05) is 5.56 Å². The van der Waals surface area contributed by atoms with Gasteiger partial charge in [0.15, 0.2) is 0 Å². The summed E-state index contributed by atoms with van der Waals surface area (Å²) in [6.07, 6.45) is 1.90. The summed E-state index contributed by atoms with van der Waals surface area (Å²) >= 11 is 9.69. The molecule has 0 fully saturated rings. The van der Waals surface area contributed by atoms with Gasteiger partial charge in [-0.3, -0.25) is 0 Å². The van der Waals surface area contributed by atoms with E-state index in [0.717, 1.165) is 40.1 Å². The molecule has 0 aliphatic carbocycles. The van der Waals surface area contributed by atoms with E-state index in [1.165, 1.54) is 0 Å². The number of halogens is 2. The first-order chi connectivity index (χ1) is 9.70. The maximum atomic E-state index is 6.22. The highest BCUT2D eigenvalue weighted by Crippen LogP contribution is 2.37. The van der Waals surface area contributed by atoms with Crippen LogP contribution in [0.5, 0.6) is 5.75 Å². The molecule has 0 radical (unpaired) electrons. The number of aromatic nitrogens is 2. The largest absolute Gasteiger partial charge is 0.492 e. The second-order valence-electron chi connectivity index (χ2n) is 4.78. The Morgan fingerprint density at radius 1 is 1.35 bits per heavy atom. The maximum Gasteiger partial charge on any atom is 0.147 e. The maximum absolute atomic E-state index is 6.22. The summed E-state index contributed by atoms with van der Waals surface area (Å²) in [7, 11) is 0. The standard InChI is InChI=1S/C15H14BrClN2O/c1-2-5-11-13(16)14(17)19-15(18-11)10-8-20-12-7-4-3-6-9(10)12/h3-4,6-7,10H,2,5,8H2,1H3. The number of benzene rings is 1. The van der Waals surface area contributed by atoms with Gasteiger partial charge in [-0.2, -0.15) is 0 Å². The van der Waals surface area contributed by atoms with E-state index in [0.29, 0.717) is 11.8 Å². The van der Waals surface area contributed by atoms with Crippen LogP contribution in [0.15, 0.2) is 28.7 Å². The van der Waals surface area contributed by atoms with E-state index in [4.69, 9.17) is 16.3 Å². The lowest BCUT2D eigenvalue weighted by atomic mass is 10.0. The Bertz CT molecular complexity index is 648. The molecule has 0 saturated heterocycles. The smallest absolute Gasteiger partial charge is 0.147 e. The summed E-state index contributed by atoms with van der Waals surface area (Å²) < 4.78 is 6.50. The average Bonchev–Trinajstić information content (AvgIpc) is 2.88. The Morgan fingerprint density at radius 2 is 2.15 bits per heavy atom. The Kier molecular flexibility index (Phi) is 3.94. The minimum Gasteiger partial charge on any atom is -0.492 e. The zero-order chi connectivity index (χ0) is 14.1. The quantitative estimate of drug-likeness (QED) is 0.769. The van der Waals surface area contributed by atoms with Gasteiger partial charge in [0.2, 0.25) is 0 Å². The van der Waals surface area contributed by atoms with Crippen molar-refractivity contribution in [2.24, 2.45) is 0 Å². The molecule has 0 saturated carbocycles. The molecule has 0 amide bonds. The molecule has 1 aliphatic heterocycles. The van der Waals surface area contributed by atoms with Crippen molar-refractivity contribution in [1.29, 1.82) is 0 Å². The lowest BCUT2D eigenvalue weighted by molar-refractivity contribution is 0.339. The molecule has 20 heavy (non-hydrogen) atoms. The monoisotopic (exact) mass is 352 g/mol. The van der Waals surface area contributed by atoms with Crippen LogP contribution in [0.4, 0.5) is 0 Å². The molecule has 104 valence electrons. The van der Waals surface area contributed by atoms with Gasteiger partial charge in [0.05, 0.1) is 16.1 Å². The Balaban J connectivity index is 2.03. The van der Waals surface area contributed by atoms with Crippen LogP contribution in [0, 0.1) is 0 Å². The van der Waals surface area contributed by atoms with Crippen LogP contribution in [0.25, 0.3) is 0 Å². The van der Waals surface area contributed by atoms with Crippen molar-refractivity contribution in [2.45, 2.75) is 25.7 Å². The summed E-state index contributed by atoms with van der Waals surface area (Å²) in [5, 5.41) is 0.475. The molecular weight excluding hydrogens is 340 g/mol. The van der Waals surface area contributed by atoms with Crippen molar-refractivity contribution in [1.82, 2.24) is 9.97 Å². The second-order valence-corrected chi connectivity index (χ2v) is 5.94. The summed E-state index contributed by atoms with van der Waals surface area (Å²) in [6.45, 7) is 2.69. The zero-order valence-electron chi connectivity index (χ0n) is 11.1. The Labute approximate surface area is 131 Å². The van der Waals surface area contributed by atoms with Crippen LogP contribution in [0.1, 0.15) is 36.3 Å². The van der Waals surface area contributed by atoms with Crippen molar-refractivity contribution in [2.75, 3.05) is 6.61 Å². The van der Waals surface area contributed by atoms with Crippen LogP contribution in [0.3, 0.4) is 0 Å².